The van der Waals surface area contributed by atoms with E-state index in [-0.39, 0.29) is 38.6 Å². The fourth-order valence-corrected chi connectivity index (χ4v) is 8.42. The van der Waals surface area contributed by atoms with Crippen molar-refractivity contribution in [2.45, 2.75) is 283 Å². The maximum absolute atomic E-state index is 12.9. The van der Waals surface area contributed by atoms with Crippen molar-refractivity contribution in [2.24, 2.45) is 0 Å². The Morgan fingerprint density at radius 1 is 0.423 bits per heavy atom. The van der Waals surface area contributed by atoms with Gasteiger partial charge >= 0.3 is 11.9 Å². The number of carbonyl (C=O) groups excluding carboxylic acids is 3. The van der Waals surface area contributed by atoms with Crippen molar-refractivity contribution in [3.05, 3.63) is 48.6 Å². The molecule has 9 nitrogen and oxygen atoms in total. The van der Waals surface area contributed by atoms with Gasteiger partial charge in [-0.15, -0.1) is 0 Å². The summed E-state index contributed by atoms with van der Waals surface area (Å²) in [5.41, 5.74) is 0. The maximum atomic E-state index is 12.9. The van der Waals surface area contributed by atoms with Crippen molar-refractivity contribution < 1.29 is 42.9 Å². The highest BCUT2D eigenvalue weighted by atomic mass is 16.7. The molecule has 0 radical (unpaired) electrons. The predicted molar refractivity (Wildman–Crippen MR) is 297 cm³/mol. The van der Waals surface area contributed by atoms with E-state index in [1.807, 2.05) is 21.1 Å². The Balaban J connectivity index is 4.20. The average molecular weight is 1000 g/mol. The fourth-order valence-electron chi connectivity index (χ4n) is 8.42. The molecule has 414 valence electrons. The summed E-state index contributed by atoms with van der Waals surface area (Å²) in [6, 6.07) is 0. The van der Waals surface area contributed by atoms with Gasteiger partial charge in [-0.05, 0) is 77.0 Å². The smallest absolute Gasteiger partial charge is 0.306 e. The van der Waals surface area contributed by atoms with Crippen LogP contribution in [-0.2, 0) is 33.3 Å². The summed E-state index contributed by atoms with van der Waals surface area (Å²) in [4.78, 5) is 37.3. The van der Waals surface area contributed by atoms with E-state index in [1.54, 1.807) is 0 Å². The van der Waals surface area contributed by atoms with E-state index >= 15 is 0 Å². The van der Waals surface area contributed by atoms with Crippen molar-refractivity contribution >= 4 is 17.9 Å². The number of allylic oxidation sites excluding steroid dienone is 8. The number of carboxylic acids is 1. The van der Waals surface area contributed by atoms with Gasteiger partial charge in [0.1, 0.15) is 13.2 Å². The number of nitrogens with zero attached hydrogens (tertiary/aromatic N) is 1. The van der Waals surface area contributed by atoms with Crippen LogP contribution in [0.5, 0.6) is 0 Å². The summed E-state index contributed by atoms with van der Waals surface area (Å²) in [6.45, 7) is 4.74. The highest BCUT2D eigenvalue weighted by Crippen LogP contribution is 2.16. The first kappa shape index (κ1) is 68.2. The molecule has 0 aromatic carbocycles. The van der Waals surface area contributed by atoms with E-state index in [1.165, 1.54) is 193 Å². The normalized spacial score (nSPS) is 13.1. The van der Waals surface area contributed by atoms with E-state index in [0.717, 1.165) is 44.9 Å². The Labute approximate surface area is 438 Å². The number of rotatable bonds is 55. The lowest BCUT2D eigenvalue weighted by Gasteiger charge is -2.26. The van der Waals surface area contributed by atoms with Crippen molar-refractivity contribution in [3.63, 3.8) is 0 Å². The van der Waals surface area contributed by atoms with Gasteiger partial charge < -0.3 is 33.3 Å². The molecular formula is C62H113NO8. The molecule has 0 N–H and O–H groups in total. The third kappa shape index (κ3) is 54.9. The van der Waals surface area contributed by atoms with Gasteiger partial charge in [-0.1, -0.05) is 229 Å². The molecule has 0 heterocycles. The topological polar surface area (TPSA) is 111 Å². The largest absolute Gasteiger partial charge is 0.545 e. The van der Waals surface area contributed by atoms with E-state index in [2.05, 4.69) is 62.5 Å². The van der Waals surface area contributed by atoms with Crippen molar-refractivity contribution in [1.82, 2.24) is 0 Å². The first-order valence-electron chi connectivity index (χ1n) is 29.8. The second kappa shape index (κ2) is 53.5. The molecule has 0 aliphatic carbocycles. The monoisotopic (exact) mass is 1000 g/mol. The van der Waals surface area contributed by atoms with Crippen LogP contribution in [0.1, 0.15) is 271 Å². The maximum Gasteiger partial charge on any atom is 0.306 e. The molecule has 0 saturated carbocycles. The van der Waals surface area contributed by atoms with Crippen LogP contribution in [0.25, 0.3) is 0 Å². The third-order valence-corrected chi connectivity index (χ3v) is 13.0. The van der Waals surface area contributed by atoms with Crippen LogP contribution in [0.3, 0.4) is 0 Å². The number of carbonyl (C=O) groups is 3. The van der Waals surface area contributed by atoms with Gasteiger partial charge in [0.25, 0.3) is 0 Å². The minimum Gasteiger partial charge on any atom is -0.545 e. The van der Waals surface area contributed by atoms with Crippen LogP contribution in [0.4, 0.5) is 0 Å². The van der Waals surface area contributed by atoms with Crippen LogP contribution in [-0.4, -0.2) is 82.3 Å². The highest BCUT2D eigenvalue weighted by molar-refractivity contribution is 5.70. The highest BCUT2D eigenvalue weighted by Gasteiger charge is 2.22. The number of ether oxygens (including phenoxy) is 4. The van der Waals surface area contributed by atoms with Gasteiger partial charge in [-0.3, -0.25) is 9.59 Å². The number of aliphatic carboxylic acids is 1. The number of esters is 2. The van der Waals surface area contributed by atoms with Crippen LogP contribution in [0, 0.1) is 0 Å². The van der Waals surface area contributed by atoms with Crippen LogP contribution in [0.2, 0.25) is 0 Å². The molecule has 0 aromatic rings. The fraction of sp³-hybridized carbons (Fsp3) is 0.823. The minimum atomic E-state index is -1.62. The average Bonchev–Trinajstić information content (AvgIpc) is 3.34. The number of hydrogen-bond donors (Lipinski definition) is 0. The van der Waals surface area contributed by atoms with E-state index < -0.39 is 24.3 Å². The standard InChI is InChI=1S/C62H113NO8/c1-6-8-10-12-14-16-18-20-22-24-26-27-28-29-30-31-32-33-35-37-39-41-43-45-47-49-51-53-60(65)71-58(57-70-62(61(66)67)68-55-54-63(3,4)5)56-69-59(64)52-50-48-46-44-42-40-38-36-34-25-23-21-19-17-15-13-11-9-7-2/h15,17-18,20-21,23-24,26,58,62H,6-14,16,19,22,25,27-57H2,1-5H3/b17-15-,20-18-,23-21-,26-24-. The molecule has 0 saturated heterocycles. The number of hydrogen-bond acceptors (Lipinski definition) is 8. The summed E-state index contributed by atoms with van der Waals surface area (Å²) in [5, 5.41) is 11.8. The van der Waals surface area contributed by atoms with Gasteiger partial charge in [0.15, 0.2) is 12.4 Å². The molecular weight excluding hydrogens is 887 g/mol. The van der Waals surface area contributed by atoms with Crippen molar-refractivity contribution in [1.29, 1.82) is 0 Å². The first-order valence-corrected chi connectivity index (χ1v) is 29.8. The predicted octanol–water partition coefficient (Wildman–Crippen LogP) is 16.1. The Hall–Kier alpha value is -2.75. The first-order chi connectivity index (χ1) is 34.6. The van der Waals surface area contributed by atoms with Crippen molar-refractivity contribution in [2.75, 3.05) is 47.5 Å². The van der Waals surface area contributed by atoms with Gasteiger partial charge in [0.05, 0.1) is 40.3 Å². The summed E-state index contributed by atoms with van der Waals surface area (Å²) >= 11 is 0. The zero-order chi connectivity index (χ0) is 52.0. The molecule has 9 heteroatoms. The molecule has 0 rings (SSSR count). The molecule has 0 bridgehead atoms. The quantitative estimate of drug-likeness (QED) is 0.0195. The van der Waals surface area contributed by atoms with Gasteiger partial charge in [0.2, 0.25) is 0 Å². The summed E-state index contributed by atoms with van der Waals surface area (Å²) in [5.74, 6) is -2.28. The Morgan fingerprint density at radius 3 is 1.14 bits per heavy atom. The minimum absolute atomic E-state index is 0.147. The lowest BCUT2D eigenvalue weighted by Crippen LogP contribution is -2.44. The molecule has 0 aromatic heterocycles. The second-order valence-electron chi connectivity index (χ2n) is 21.3. The van der Waals surface area contributed by atoms with Crippen molar-refractivity contribution in [3.8, 4) is 0 Å². The van der Waals surface area contributed by atoms with Crippen LogP contribution in [0.15, 0.2) is 48.6 Å². The Bertz CT molecular complexity index is 1300. The van der Waals surface area contributed by atoms with Gasteiger partial charge in [-0.25, -0.2) is 0 Å². The lowest BCUT2D eigenvalue weighted by atomic mass is 10.0. The molecule has 71 heavy (non-hydrogen) atoms. The van der Waals surface area contributed by atoms with E-state index in [0.29, 0.717) is 17.4 Å². The molecule has 0 amide bonds. The zero-order valence-corrected chi connectivity index (χ0v) is 47.1. The lowest BCUT2D eigenvalue weighted by molar-refractivity contribution is -0.870. The Kier molecular flexibility index (Phi) is 51.5. The molecule has 0 spiro atoms. The number of quaternary nitrogens is 1. The third-order valence-electron chi connectivity index (χ3n) is 13.0. The molecule has 2 unspecified atom stereocenters. The zero-order valence-electron chi connectivity index (χ0n) is 47.1. The SMILES string of the molecule is CCCCC/C=C\C/C=C\CCCCCCCCCCCC(=O)OCC(COC(OCC[N+](C)(C)C)C(=O)[O-])OC(=O)CCCCCCCCCCCCCCCCC/C=C\C/C=C\CCCCCCC. The van der Waals surface area contributed by atoms with Crippen LogP contribution >= 0.6 is 0 Å². The second-order valence-corrected chi connectivity index (χ2v) is 21.3. The van der Waals surface area contributed by atoms with E-state index in [4.69, 9.17) is 18.9 Å². The van der Waals surface area contributed by atoms with Crippen LogP contribution < -0.4 is 5.11 Å². The van der Waals surface area contributed by atoms with E-state index in [9.17, 15) is 19.5 Å². The number of likely N-dealkylation sites (N-methyl/N-ethyl adjacent to an activating group) is 1. The summed E-state index contributed by atoms with van der Waals surface area (Å²) in [6.07, 6.45) is 63.0. The number of unbranched alkanes of at least 4 members (excludes halogenated alkanes) is 32. The molecule has 2 atom stereocenters. The number of carboxylic acid groups (broad SMARTS) is 1. The van der Waals surface area contributed by atoms with Gasteiger partial charge in [0, 0.05) is 12.8 Å². The summed E-state index contributed by atoms with van der Waals surface area (Å²) < 4.78 is 22.7. The summed E-state index contributed by atoms with van der Waals surface area (Å²) in [7, 11) is 5.92. The molecule has 0 aliphatic rings. The molecule has 0 fully saturated rings. The molecule has 0 aliphatic heterocycles. The Morgan fingerprint density at radius 2 is 0.761 bits per heavy atom. The van der Waals surface area contributed by atoms with Gasteiger partial charge in [-0.2, -0.15) is 0 Å².